The Morgan fingerprint density at radius 3 is 2.57 bits per heavy atom. The lowest BCUT2D eigenvalue weighted by Gasteiger charge is -2.42. The molecule has 0 saturated heterocycles. The van der Waals surface area contributed by atoms with Gasteiger partial charge in [-0.25, -0.2) is 4.79 Å². The quantitative estimate of drug-likeness (QED) is 0.736. The third-order valence-electron chi connectivity index (χ3n) is 4.88. The van der Waals surface area contributed by atoms with Crippen LogP contribution in [-0.4, -0.2) is 9.13 Å². The molecule has 0 fully saturated rings. The number of fused-ring (bicyclic) bond motifs is 6. The fourth-order valence-electron chi connectivity index (χ4n) is 3.83. The molecular weight excluding hydrogens is 264 g/mol. The number of benzene rings is 1. The first-order valence-electron chi connectivity index (χ1n) is 7.10. The molecule has 1 aromatic heterocycles. The monoisotopic (exact) mass is 280 g/mol. The third kappa shape index (κ3) is 1.35. The number of rotatable bonds is 0. The van der Waals surface area contributed by atoms with Gasteiger partial charge in [-0.05, 0) is 23.6 Å². The first-order chi connectivity index (χ1) is 10.0. The van der Waals surface area contributed by atoms with E-state index in [0.717, 1.165) is 11.3 Å². The summed E-state index contributed by atoms with van der Waals surface area (Å²) in [7, 11) is 3.30. The summed E-state index contributed by atoms with van der Waals surface area (Å²) in [4.78, 5) is 24.6. The van der Waals surface area contributed by atoms with Gasteiger partial charge in [0.2, 0.25) is 0 Å². The zero-order valence-electron chi connectivity index (χ0n) is 12.3. The van der Waals surface area contributed by atoms with Gasteiger partial charge in [0.25, 0.3) is 5.56 Å². The minimum Gasteiger partial charge on any atom is -0.300 e. The van der Waals surface area contributed by atoms with Crippen molar-refractivity contribution in [1.82, 2.24) is 9.13 Å². The molecule has 4 heteroatoms. The lowest BCUT2D eigenvalue weighted by Crippen LogP contribution is -2.48. The van der Waals surface area contributed by atoms with Crippen LogP contribution >= 0.6 is 0 Å². The van der Waals surface area contributed by atoms with E-state index < -0.39 is 0 Å². The van der Waals surface area contributed by atoms with Crippen LogP contribution in [0.3, 0.4) is 0 Å². The minimum absolute atomic E-state index is 0.0895. The molecule has 0 spiro atoms. The van der Waals surface area contributed by atoms with E-state index in [2.05, 4.69) is 31.2 Å². The average Bonchev–Trinajstić information content (AvgIpc) is 2.45. The zero-order valence-corrected chi connectivity index (χ0v) is 12.3. The van der Waals surface area contributed by atoms with Gasteiger partial charge in [0.05, 0.1) is 0 Å². The van der Waals surface area contributed by atoms with Gasteiger partial charge in [-0.1, -0.05) is 30.4 Å². The molecule has 0 bridgehead atoms. The maximum absolute atomic E-state index is 12.5. The van der Waals surface area contributed by atoms with Gasteiger partial charge >= 0.3 is 5.69 Å². The molecular formula is C17H16N2O2. The van der Waals surface area contributed by atoms with Crippen LogP contribution in [0.5, 0.6) is 0 Å². The fourth-order valence-corrected chi connectivity index (χ4v) is 3.83. The standard InChI is InChI=1S/C17H16N2O2/c1-9-5-4-6-10-7-8-11-13(12(9)10)14-15(11)18(2)17(21)19(3)16(14)20/h4-8,11,13H,1-3H3. The molecule has 0 N–H and O–H groups in total. The Kier molecular flexibility index (Phi) is 2.27. The van der Waals surface area contributed by atoms with Crippen molar-refractivity contribution in [2.24, 2.45) is 14.1 Å². The van der Waals surface area contributed by atoms with E-state index in [1.165, 1.54) is 21.3 Å². The number of hydrogen-bond donors (Lipinski definition) is 0. The number of nitrogens with zero attached hydrogens (tertiary/aromatic N) is 2. The number of aromatic nitrogens is 2. The molecule has 2 atom stereocenters. The van der Waals surface area contributed by atoms with Crippen LogP contribution in [0.4, 0.5) is 0 Å². The van der Waals surface area contributed by atoms with Crippen molar-refractivity contribution < 1.29 is 0 Å². The molecule has 106 valence electrons. The number of hydrogen-bond acceptors (Lipinski definition) is 2. The Bertz CT molecular complexity index is 931. The summed E-state index contributed by atoms with van der Waals surface area (Å²) in [6, 6.07) is 6.20. The van der Waals surface area contributed by atoms with Crippen LogP contribution in [0.25, 0.3) is 6.08 Å². The topological polar surface area (TPSA) is 44.0 Å². The molecule has 0 amide bonds. The highest BCUT2D eigenvalue weighted by molar-refractivity contribution is 5.68. The predicted molar refractivity (Wildman–Crippen MR) is 81.7 cm³/mol. The van der Waals surface area contributed by atoms with Gasteiger partial charge in [0.1, 0.15) is 0 Å². The number of aryl methyl sites for hydroxylation is 1. The van der Waals surface area contributed by atoms with Crippen molar-refractivity contribution in [3.63, 3.8) is 0 Å². The van der Waals surface area contributed by atoms with Crippen molar-refractivity contribution in [2.75, 3.05) is 0 Å². The molecule has 2 aliphatic rings. The normalized spacial score (nSPS) is 21.3. The molecule has 21 heavy (non-hydrogen) atoms. The van der Waals surface area contributed by atoms with E-state index in [9.17, 15) is 9.59 Å². The molecule has 2 aromatic rings. The Hall–Kier alpha value is -2.36. The van der Waals surface area contributed by atoms with Gasteiger partial charge in [-0.2, -0.15) is 0 Å². The van der Waals surface area contributed by atoms with Crippen LogP contribution in [0, 0.1) is 6.92 Å². The largest absolute Gasteiger partial charge is 0.330 e. The van der Waals surface area contributed by atoms with Gasteiger partial charge in [0.15, 0.2) is 0 Å². The molecule has 1 heterocycles. The summed E-state index contributed by atoms with van der Waals surface area (Å²) >= 11 is 0. The second-order valence-corrected chi connectivity index (χ2v) is 5.95. The SMILES string of the molecule is Cc1cccc2c1C1c3c(n(C)c(=O)n(C)c3=O)C1C=C2. The maximum Gasteiger partial charge on any atom is 0.330 e. The van der Waals surface area contributed by atoms with E-state index in [0.29, 0.717) is 0 Å². The summed E-state index contributed by atoms with van der Waals surface area (Å²) in [6.45, 7) is 2.08. The first kappa shape index (κ1) is 12.4. The maximum atomic E-state index is 12.5. The minimum atomic E-state index is -0.249. The van der Waals surface area contributed by atoms with Gasteiger partial charge < -0.3 is 0 Å². The van der Waals surface area contributed by atoms with Crippen LogP contribution in [0.2, 0.25) is 0 Å². The number of allylic oxidation sites excluding steroid dienone is 1. The smallest absolute Gasteiger partial charge is 0.300 e. The third-order valence-corrected chi connectivity index (χ3v) is 4.88. The van der Waals surface area contributed by atoms with Crippen molar-refractivity contribution >= 4 is 6.08 Å². The second-order valence-electron chi connectivity index (χ2n) is 5.95. The fraction of sp³-hybridized carbons (Fsp3) is 0.294. The zero-order chi connectivity index (χ0) is 14.9. The Morgan fingerprint density at radius 1 is 1.05 bits per heavy atom. The summed E-state index contributed by atoms with van der Waals surface area (Å²) in [5.41, 5.74) is 4.86. The van der Waals surface area contributed by atoms with E-state index in [-0.39, 0.29) is 23.1 Å². The molecule has 2 unspecified atom stereocenters. The second kappa shape index (κ2) is 3.85. The van der Waals surface area contributed by atoms with E-state index in [4.69, 9.17) is 0 Å². The van der Waals surface area contributed by atoms with Crippen LogP contribution < -0.4 is 11.2 Å². The predicted octanol–water partition coefficient (Wildman–Crippen LogP) is 1.65. The molecule has 1 aromatic carbocycles. The molecule has 2 aliphatic carbocycles. The lowest BCUT2D eigenvalue weighted by atomic mass is 9.63. The van der Waals surface area contributed by atoms with Crippen LogP contribution in [-0.2, 0) is 14.1 Å². The average molecular weight is 280 g/mol. The highest BCUT2D eigenvalue weighted by Crippen LogP contribution is 2.53. The van der Waals surface area contributed by atoms with Gasteiger partial charge in [-0.15, -0.1) is 0 Å². The first-order valence-corrected chi connectivity index (χ1v) is 7.10. The van der Waals surface area contributed by atoms with E-state index >= 15 is 0 Å². The molecule has 4 nitrogen and oxygen atoms in total. The Labute approximate surface area is 122 Å². The Morgan fingerprint density at radius 2 is 1.81 bits per heavy atom. The summed E-state index contributed by atoms with van der Waals surface area (Å²) in [5, 5.41) is 0. The van der Waals surface area contributed by atoms with E-state index in [1.54, 1.807) is 18.7 Å². The van der Waals surface area contributed by atoms with Crippen molar-refractivity contribution in [3.05, 3.63) is 73.1 Å². The summed E-state index contributed by atoms with van der Waals surface area (Å²) < 4.78 is 2.83. The molecule has 0 radical (unpaired) electrons. The summed E-state index contributed by atoms with van der Waals surface area (Å²) in [6.07, 6.45) is 4.22. The van der Waals surface area contributed by atoms with Crippen LogP contribution in [0.15, 0.2) is 33.9 Å². The molecule has 0 aliphatic heterocycles. The van der Waals surface area contributed by atoms with Crippen LogP contribution in [0.1, 0.15) is 39.8 Å². The van der Waals surface area contributed by atoms with Gasteiger partial charge in [-0.3, -0.25) is 13.9 Å². The molecule has 0 saturated carbocycles. The van der Waals surface area contributed by atoms with Gasteiger partial charge in [0, 0.05) is 37.2 Å². The Balaban J connectivity index is 2.09. The summed E-state index contributed by atoms with van der Waals surface area (Å²) in [5.74, 6) is 0.229. The van der Waals surface area contributed by atoms with Crippen molar-refractivity contribution in [2.45, 2.75) is 18.8 Å². The highest BCUT2D eigenvalue weighted by atomic mass is 16.2. The lowest BCUT2D eigenvalue weighted by molar-refractivity contribution is 0.499. The highest BCUT2D eigenvalue weighted by Gasteiger charge is 2.45. The van der Waals surface area contributed by atoms with E-state index in [1.807, 2.05) is 6.07 Å². The van der Waals surface area contributed by atoms with Crippen molar-refractivity contribution in [3.8, 4) is 0 Å². The van der Waals surface area contributed by atoms with Crippen molar-refractivity contribution in [1.29, 1.82) is 0 Å². The molecule has 4 rings (SSSR count).